The number of methoxy groups -OCH3 is 2. The number of hydrogen-bond donors (Lipinski definition) is 0. The Morgan fingerprint density at radius 1 is 1.19 bits per heavy atom. The molecule has 0 saturated carbocycles. The van der Waals surface area contributed by atoms with E-state index >= 15 is 0 Å². The van der Waals surface area contributed by atoms with Crippen molar-refractivity contribution >= 4 is 11.9 Å². The van der Waals surface area contributed by atoms with E-state index in [-0.39, 0.29) is 29.8 Å². The summed E-state index contributed by atoms with van der Waals surface area (Å²) < 4.78 is 9.55. The number of esters is 2. The lowest BCUT2D eigenvalue weighted by Crippen LogP contribution is -2.58. The summed E-state index contributed by atoms with van der Waals surface area (Å²) in [6.07, 6.45) is 1.68. The molecule has 0 amide bonds. The molecule has 3 aliphatic rings. The monoisotopic (exact) mass is 227 g/mol. The first-order valence-electron chi connectivity index (χ1n) is 5.57. The molecular formula is C11H17NO4. The van der Waals surface area contributed by atoms with Crippen LogP contribution in [0, 0.1) is 11.8 Å². The van der Waals surface area contributed by atoms with Crippen molar-refractivity contribution in [1.82, 2.24) is 4.90 Å². The third kappa shape index (κ3) is 1.80. The molecule has 3 fully saturated rings. The lowest BCUT2D eigenvalue weighted by atomic mass is 9.75. The van der Waals surface area contributed by atoms with Gasteiger partial charge in [-0.15, -0.1) is 0 Å². The topological polar surface area (TPSA) is 55.8 Å². The van der Waals surface area contributed by atoms with Crippen molar-refractivity contribution in [2.45, 2.75) is 18.9 Å². The van der Waals surface area contributed by atoms with E-state index in [9.17, 15) is 9.59 Å². The Kier molecular flexibility index (Phi) is 3.14. The van der Waals surface area contributed by atoms with Gasteiger partial charge in [0, 0.05) is 6.54 Å². The molecule has 2 bridgehead atoms. The zero-order valence-corrected chi connectivity index (χ0v) is 9.64. The number of piperidine rings is 3. The smallest absolute Gasteiger partial charge is 0.323 e. The molecule has 0 N–H and O–H groups in total. The van der Waals surface area contributed by atoms with Gasteiger partial charge in [0.25, 0.3) is 0 Å². The summed E-state index contributed by atoms with van der Waals surface area (Å²) >= 11 is 0. The first-order chi connectivity index (χ1) is 7.67. The molecule has 3 aliphatic heterocycles. The minimum absolute atomic E-state index is 0.0698. The summed E-state index contributed by atoms with van der Waals surface area (Å²) in [4.78, 5) is 25.1. The Balaban J connectivity index is 2.06. The van der Waals surface area contributed by atoms with Gasteiger partial charge in [0.05, 0.1) is 20.1 Å². The van der Waals surface area contributed by atoms with Crippen molar-refractivity contribution in [3.05, 3.63) is 0 Å². The van der Waals surface area contributed by atoms with E-state index in [1.807, 2.05) is 4.90 Å². The summed E-state index contributed by atoms with van der Waals surface area (Å²) in [5.74, 6) is -0.146. The van der Waals surface area contributed by atoms with Gasteiger partial charge in [-0.1, -0.05) is 0 Å². The number of nitrogens with zero attached hydrogens (tertiary/aromatic N) is 1. The lowest BCUT2D eigenvalue weighted by Gasteiger charge is -2.47. The average Bonchev–Trinajstić information content (AvgIpc) is 2.37. The van der Waals surface area contributed by atoms with Crippen LogP contribution in [-0.4, -0.2) is 50.2 Å². The Morgan fingerprint density at radius 3 is 2.38 bits per heavy atom. The molecular weight excluding hydrogens is 210 g/mol. The molecule has 5 nitrogen and oxygen atoms in total. The van der Waals surface area contributed by atoms with Crippen molar-refractivity contribution in [2.75, 3.05) is 27.3 Å². The molecule has 5 heteroatoms. The number of rotatable bonds is 2. The van der Waals surface area contributed by atoms with Crippen molar-refractivity contribution in [1.29, 1.82) is 0 Å². The maximum absolute atomic E-state index is 11.5. The largest absolute Gasteiger partial charge is 0.469 e. The van der Waals surface area contributed by atoms with Gasteiger partial charge in [-0.3, -0.25) is 14.5 Å². The number of hydrogen-bond acceptors (Lipinski definition) is 5. The average molecular weight is 227 g/mol. The minimum atomic E-state index is -0.187. The highest BCUT2D eigenvalue weighted by molar-refractivity contribution is 5.78. The standard InChI is InChI=1S/C11H17NO4/c1-15-10(13)8-6-12-4-3-7(8)5-9(12)11(14)16-2/h7-9H,3-6H2,1-2H3/t7-,8-,9-/m0/s1. The van der Waals surface area contributed by atoms with Gasteiger partial charge < -0.3 is 9.47 Å². The zero-order chi connectivity index (χ0) is 11.7. The molecule has 4 atom stereocenters. The molecule has 16 heavy (non-hydrogen) atoms. The molecule has 3 saturated heterocycles. The fourth-order valence-electron chi connectivity index (χ4n) is 2.83. The Morgan fingerprint density at radius 2 is 1.88 bits per heavy atom. The van der Waals surface area contributed by atoms with Gasteiger partial charge >= 0.3 is 11.9 Å². The van der Waals surface area contributed by atoms with E-state index < -0.39 is 0 Å². The second kappa shape index (κ2) is 4.41. The van der Waals surface area contributed by atoms with E-state index in [0.29, 0.717) is 13.0 Å². The van der Waals surface area contributed by atoms with E-state index in [2.05, 4.69) is 0 Å². The zero-order valence-electron chi connectivity index (χ0n) is 9.64. The molecule has 0 aromatic carbocycles. The van der Waals surface area contributed by atoms with Gasteiger partial charge in [0.1, 0.15) is 6.04 Å². The predicted octanol–water partition coefficient (Wildman–Crippen LogP) is 0.0428. The minimum Gasteiger partial charge on any atom is -0.469 e. The molecule has 0 radical (unpaired) electrons. The molecule has 0 aromatic heterocycles. The number of ether oxygens (including phenoxy) is 2. The summed E-state index contributed by atoms with van der Waals surface area (Å²) in [5.41, 5.74) is 0. The second-order valence-electron chi connectivity index (χ2n) is 4.45. The van der Waals surface area contributed by atoms with Gasteiger partial charge in [0.2, 0.25) is 0 Å². The highest BCUT2D eigenvalue weighted by Crippen LogP contribution is 2.37. The molecule has 3 rings (SSSR count). The van der Waals surface area contributed by atoms with Gasteiger partial charge in [-0.2, -0.15) is 0 Å². The summed E-state index contributed by atoms with van der Waals surface area (Å²) in [6, 6.07) is -0.162. The summed E-state index contributed by atoms with van der Waals surface area (Å²) in [7, 11) is 2.82. The first kappa shape index (κ1) is 11.4. The lowest BCUT2D eigenvalue weighted by molar-refractivity contribution is -0.163. The molecule has 1 unspecified atom stereocenters. The van der Waals surface area contributed by atoms with Crippen LogP contribution in [0.25, 0.3) is 0 Å². The predicted molar refractivity (Wildman–Crippen MR) is 55.6 cm³/mol. The van der Waals surface area contributed by atoms with Gasteiger partial charge in [-0.05, 0) is 25.3 Å². The number of carbonyl (C=O) groups is 2. The van der Waals surface area contributed by atoms with Crippen LogP contribution in [0.3, 0.4) is 0 Å². The summed E-state index contributed by atoms with van der Waals surface area (Å²) in [5, 5.41) is 0. The van der Waals surface area contributed by atoms with Crippen molar-refractivity contribution in [3.8, 4) is 0 Å². The quantitative estimate of drug-likeness (QED) is 0.624. The second-order valence-corrected chi connectivity index (χ2v) is 4.45. The van der Waals surface area contributed by atoms with Crippen LogP contribution < -0.4 is 0 Å². The van der Waals surface area contributed by atoms with Crippen LogP contribution in [0.5, 0.6) is 0 Å². The van der Waals surface area contributed by atoms with E-state index in [0.717, 1.165) is 13.0 Å². The third-order valence-electron chi connectivity index (χ3n) is 3.73. The molecule has 90 valence electrons. The Bertz CT molecular complexity index is 274. The fourth-order valence-corrected chi connectivity index (χ4v) is 2.83. The van der Waals surface area contributed by atoms with Gasteiger partial charge in [0.15, 0.2) is 0 Å². The van der Waals surface area contributed by atoms with Crippen molar-refractivity contribution in [2.24, 2.45) is 11.8 Å². The van der Waals surface area contributed by atoms with E-state index in [4.69, 9.17) is 9.47 Å². The molecule has 0 spiro atoms. The molecule has 3 heterocycles. The maximum Gasteiger partial charge on any atom is 0.323 e. The van der Waals surface area contributed by atoms with Crippen LogP contribution in [0.2, 0.25) is 0 Å². The normalized spacial score (nSPS) is 36.9. The Hall–Kier alpha value is -1.10. The van der Waals surface area contributed by atoms with Crippen LogP contribution >= 0.6 is 0 Å². The fraction of sp³-hybridized carbons (Fsp3) is 0.818. The van der Waals surface area contributed by atoms with Crippen molar-refractivity contribution in [3.63, 3.8) is 0 Å². The summed E-state index contributed by atoms with van der Waals surface area (Å²) in [6.45, 7) is 1.50. The van der Waals surface area contributed by atoms with Crippen LogP contribution in [0.15, 0.2) is 0 Å². The highest BCUT2D eigenvalue weighted by Gasteiger charge is 2.46. The van der Waals surface area contributed by atoms with Crippen LogP contribution in [0.4, 0.5) is 0 Å². The SMILES string of the molecule is COC(=O)[C@H]1CN2CC[C@H]1C[C@H]2C(=O)OC. The van der Waals surface area contributed by atoms with E-state index in [1.54, 1.807) is 0 Å². The van der Waals surface area contributed by atoms with Gasteiger partial charge in [-0.25, -0.2) is 0 Å². The molecule has 0 aromatic rings. The first-order valence-corrected chi connectivity index (χ1v) is 5.57. The van der Waals surface area contributed by atoms with Crippen LogP contribution in [0.1, 0.15) is 12.8 Å². The highest BCUT2D eigenvalue weighted by atomic mass is 16.5. The van der Waals surface area contributed by atoms with Crippen LogP contribution in [-0.2, 0) is 19.1 Å². The third-order valence-corrected chi connectivity index (χ3v) is 3.73. The van der Waals surface area contributed by atoms with Crippen molar-refractivity contribution < 1.29 is 19.1 Å². The Labute approximate surface area is 94.7 Å². The molecule has 0 aliphatic carbocycles. The maximum atomic E-state index is 11.5. The number of fused-ring (bicyclic) bond motifs is 3. The number of carbonyl (C=O) groups excluding carboxylic acids is 2. The van der Waals surface area contributed by atoms with E-state index in [1.165, 1.54) is 14.2 Å².